The van der Waals surface area contributed by atoms with Crippen molar-refractivity contribution in [3.05, 3.63) is 46.2 Å². The van der Waals surface area contributed by atoms with Crippen molar-refractivity contribution in [1.82, 2.24) is 9.55 Å². The van der Waals surface area contributed by atoms with Gasteiger partial charge in [-0.2, -0.15) is 0 Å². The summed E-state index contributed by atoms with van der Waals surface area (Å²) in [5.41, 5.74) is 0.605. The molecular weight excluding hydrogens is 261 g/mol. The van der Waals surface area contributed by atoms with Crippen LogP contribution in [0.5, 0.6) is 0 Å². The van der Waals surface area contributed by atoms with Crippen LogP contribution in [0.3, 0.4) is 0 Å². The van der Waals surface area contributed by atoms with Crippen LogP contribution in [0, 0.1) is 22.2 Å². The molecule has 1 aromatic carbocycles. The second-order valence-electron chi connectivity index (χ2n) is 4.20. The number of imidazole rings is 1. The molecule has 1 N–H and O–H groups in total. The predicted octanol–water partition coefficient (Wildman–Crippen LogP) is 4.08. The molecule has 0 radical (unpaired) electrons. The summed E-state index contributed by atoms with van der Waals surface area (Å²) in [5.74, 6) is -3.90. The Morgan fingerprint density at radius 2 is 1.83 bits per heavy atom. The van der Waals surface area contributed by atoms with Crippen molar-refractivity contribution < 1.29 is 13.2 Å². The van der Waals surface area contributed by atoms with E-state index in [4.69, 9.17) is 12.2 Å². The van der Waals surface area contributed by atoms with E-state index in [1.807, 2.05) is 13.8 Å². The molecule has 1 heterocycles. The third-order valence-corrected chi connectivity index (χ3v) is 2.95. The number of nitrogens with zero attached hydrogens (tertiary/aromatic N) is 1. The van der Waals surface area contributed by atoms with Crippen LogP contribution < -0.4 is 0 Å². The summed E-state index contributed by atoms with van der Waals surface area (Å²) < 4.78 is 41.5. The molecule has 0 unspecified atom stereocenters. The van der Waals surface area contributed by atoms with Crippen molar-refractivity contribution in [3.8, 4) is 5.69 Å². The standard InChI is InChI=1S/C12H11F3N2S/c1-6(2)9-5-16-12(18)17(9)8-4-3-7(13)10(14)11(8)15/h3-6H,1-2H3,(H,16,18). The topological polar surface area (TPSA) is 20.7 Å². The molecule has 96 valence electrons. The van der Waals surface area contributed by atoms with E-state index in [0.29, 0.717) is 5.69 Å². The van der Waals surface area contributed by atoms with Gasteiger partial charge in [-0.3, -0.25) is 4.57 Å². The van der Waals surface area contributed by atoms with Gasteiger partial charge in [0.05, 0.1) is 5.69 Å². The van der Waals surface area contributed by atoms with Crippen molar-refractivity contribution in [2.75, 3.05) is 0 Å². The molecule has 2 nitrogen and oxygen atoms in total. The fourth-order valence-corrected chi connectivity index (χ4v) is 2.01. The lowest BCUT2D eigenvalue weighted by molar-refractivity contribution is 0.444. The van der Waals surface area contributed by atoms with Gasteiger partial charge in [-0.05, 0) is 30.3 Å². The molecular formula is C12H11F3N2S. The fourth-order valence-electron chi connectivity index (χ4n) is 1.74. The first-order valence-corrected chi connectivity index (χ1v) is 5.78. The van der Waals surface area contributed by atoms with Gasteiger partial charge in [0.15, 0.2) is 22.2 Å². The van der Waals surface area contributed by atoms with Gasteiger partial charge in [0.2, 0.25) is 0 Å². The van der Waals surface area contributed by atoms with Crippen LogP contribution in [0.2, 0.25) is 0 Å². The summed E-state index contributed by atoms with van der Waals surface area (Å²) in [4.78, 5) is 2.77. The summed E-state index contributed by atoms with van der Waals surface area (Å²) in [6.07, 6.45) is 1.63. The average molecular weight is 272 g/mol. The monoisotopic (exact) mass is 272 g/mol. The Balaban J connectivity index is 2.74. The maximum atomic E-state index is 13.8. The number of benzene rings is 1. The second-order valence-corrected chi connectivity index (χ2v) is 4.59. The molecule has 0 spiro atoms. The Bertz CT molecular complexity index is 643. The minimum atomic E-state index is -1.50. The second kappa shape index (κ2) is 4.61. The molecule has 0 fully saturated rings. The number of hydrogen-bond acceptors (Lipinski definition) is 1. The van der Waals surface area contributed by atoms with Crippen molar-refractivity contribution in [2.45, 2.75) is 19.8 Å². The lowest BCUT2D eigenvalue weighted by Gasteiger charge is -2.12. The van der Waals surface area contributed by atoms with E-state index in [0.717, 1.165) is 6.07 Å². The molecule has 2 rings (SSSR count). The summed E-state index contributed by atoms with van der Waals surface area (Å²) >= 11 is 5.03. The lowest BCUT2D eigenvalue weighted by Crippen LogP contribution is -2.06. The molecule has 0 aliphatic carbocycles. The highest BCUT2D eigenvalue weighted by Crippen LogP contribution is 2.24. The molecule has 0 saturated carbocycles. The van der Waals surface area contributed by atoms with Crippen LogP contribution >= 0.6 is 12.2 Å². The van der Waals surface area contributed by atoms with E-state index >= 15 is 0 Å². The fraction of sp³-hybridized carbons (Fsp3) is 0.250. The molecule has 18 heavy (non-hydrogen) atoms. The minimum Gasteiger partial charge on any atom is -0.337 e. The van der Waals surface area contributed by atoms with E-state index in [1.165, 1.54) is 10.6 Å². The zero-order valence-corrected chi connectivity index (χ0v) is 10.6. The first kappa shape index (κ1) is 12.9. The van der Waals surface area contributed by atoms with Crippen LogP contribution in [0.1, 0.15) is 25.5 Å². The van der Waals surface area contributed by atoms with Gasteiger partial charge in [0, 0.05) is 11.9 Å². The van der Waals surface area contributed by atoms with E-state index in [2.05, 4.69) is 4.98 Å². The van der Waals surface area contributed by atoms with Gasteiger partial charge in [-0.15, -0.1) is 0 Å². The van der Waals surface area contributed by atoms with Gasteiger partial charge >= 0.3 is 0 Å². The third kappa shape index (κ3) is 1.96. The van der Waals surface area contributed by atoms with Crippen LogP contribution in [-0.4, -0.2) is 9.55 Å². The van der Waals surface area contributed by atoms with Crippen molar-refractivity contribution in [2.24, 2.45) is 0 Å². The Morgan fingerprint density at radius 1 is 1.17 bits per heavy atom. The first-order valence-electron chi connectivity index (χ1n) is 5.37. The highest BCUT2D eigenvalue weighted by Gasteiger charge is 2.18. The molecule has 6 heteroatoms. The van der Waals surface area contributed by atoms with Gasteiger partial charge in [-0.1, -0.05) is 13.8 Å². The van der Waals surface area contributed by atoms with E-state index in [9.17, 15) is 13.2 Å². The largest absolute Gasteiger partial charge is 0.337 e. The van der Waals surface area contributed by atoms with Crippen molar-refractivity contribution in [3.63, 3.8) is 0 Å². The summed E-state index contributed by atoms with van der Waals surface area (Å²) in [6, 6.07) is 2.05. The number of rotatable bonds is 2. The molecule has 0 aliphatic heterocycles. The Kier molecular flexibility index (Phi) is 3.30. The smallest absolute Gasteiger partial charge is 0.196 e. The van der Waals surface area contributed by atoms with E-state index in [1.54, 1.807) is 6.20 Å². The zero-order valence-electron chi connectivity index (χ0n) is 9.80. The number of nitrogens with one attached hydrogen (secondary N) is 1. The predicted molar refractivity (Wildman–Crippen MR) is 64.9 cm³/mol. The minimum absolute atomic E-state index is 0.0606. The highest BCUT2D eigenvalue weighted by molar-refractivity contribution is 7.71. The van der Waals surface area contributed by atoms with Crippen LogP contribution in [0.25, 0.3) is 5.69 Å². The lowest BCUT2D eigenvalue weighted by atomic mass is 10.1. The molecule has 0 bridgehead atoms. The van der Waals surface area contributed by atoms with Gasteiger partial charge in [0.1, 0.15) is 0 Å². The SMILES string of the molecule is CC(C)c1c[nH]c(=S)n1-c1ccc(F)c(F)c1F. The molecule has 0 amide bonds. The highest BCUT2D eigenvalue weighted by atomic mass is 32.1. The number of aromatic nitrogens is 2. The van der Waals surface area contributed by atoms with E-state index < -0.39 is 17.5 Å². The van der Waals surface area contributed by atoms with Crippen LogP contribution in [-0.2, 0) is 0 Å². The van der Waals surface area contributed by atoms with Gasteiger partial charge in [0.25, 0.3) is 0 Å². The van der Waals surface area contributed by atoms with Gasteiger partial charge < -0.3 is 4.98 Å². The van der Waals surface area contributed by atoms with Crippen LogP contribution in [0.15, 0.2) is 18.3 Å². The number of hydrogen-bond donors (Lipinski definition) is 1. The third-order valence-electron chi connectivity index (χ3n) is 2.65. The summed E-state index contributed by atoms with van der Waals surface area (Å²) in [5, 5.41) is 0. The number of aromatic amines is 1. The normalized spacial score (nSPS) is 11.2. The molecule has 1 aromatic heterocycles. The molecule has 0 atom stereocenters. The molecule has 0 saturated heterocycles. The first-order chi connectivity index (χ1) is 8.43. The Morgan fingerprint density at radius 3 is 2.44 bits per heavy atom. The quantitative estimate of drug-likeness (QED) is 0.645. The Labute approximate surface area is 107 Å². The van der Waals surface area contributed by atoms with Crippen molar-refractivity contribution in [1.29, 1.82) is 0 Å². The maximum Gasteiger partial charge on any atom is 0.196 e. The maximum absolute atomic E-state index is 13.8. The summed E-state index contributed by atoms with van der Waals surface area (Å²) in [6.45, 7) is 3.79. The van der Waals surface area contributed by atoms with E-state index in [-0.39, 0.29) is 16.4 Å². The Hall–Kier alpha value is -1.56. The van der Waals surface area contributed by atoms with Crippen LogP contribution in [0.4, 0.5) is 13.2 Å². The molecule has 2 aromatic rings. The van der Waals surface area contributed by atoms with Crippen molar-refractivity contribution >= 4 is 12.2 Å². The zero-order chi connectivity index (χ0) is 13.4. The molecule has 0 aliphatic rings. The average Bonchev–Trinajstić information content (AvgIpc) is 2.69. The number of halogens is 3. The number of H-pyrrole nitrogens is 1. The van der Waals surface area contributed by atoms with Gasteiger partial charge in [-0.25, -0.2) is 13.2 Å². The summed E-state index contributed by atoms with van der Waals surface area (Å²) in [7, 11) is 0.